The number of nitrogens with zero attached hydrogens (tertiary/aromatic N) is 3. The Morgan fingerprint density at radius 2 is 1.65 bits per heavy atom. The maximum atomic E-state index is 13.4. The number of ether oxygens (including phenoxy) is 1. The van der Waals surface area contributed by atoms with Gasteiger partial charge < -0.3 is 14.5 Å². The van der Waals surface area contributed by atoms with Crippen LogP contribution >= 0.6 is 11.8 Å². The largest absolute Gasteiger partial charge is 0.465 e. The third-order valence-electron chi connectivity index (χ3n) is 5.98. The van der Waals surface area contributed by atoms with Gasteiger partial charge in [0, 0.05) is 38.5 Å². The zero-order valence-electron chi connectivity index (χ0n) is 21.0. The molecule has 1 aliphatic heterocycles. The van der Waals surface area contributed by atoms with Crippen LogP contribution in [0.5, 0.6) is 0 Å². The van der Waals surface area contributed by atoms with E-state index in [1.165, 1.54) is 62.2 Å². The Hall–Kier alpha value is -3.22. The fraction of sp³-hybridized carbons (Fsp3) is 0.360. The molecule has 12 heteroatoms. The van der Waals surface area contributed by atoms with E-state index in [1.807, 2.05) is 0 Å². The topological polar surface area (TPSA) is 121 Å². The van der Waals surface area contributed by atoms with Crippen LogP contribution in [-0.2, 0) is 29.1 Å². The van der Waals surface area contributed by atoms with E-state index in [0.717, 1.165) is 16.1 Å². The Balaban J connectivity index is 1.76. The van der Waals surface area contributed by atoms with Crippen molar-refractivity contribution < 1.29 is 32.3 Å². The van der Waals surface area contributed by atoms with E-state index in [1.54, 1.807) is 30.3 Å². The summed E-state index contributed by atoms with van der Waals surface area (Å²) in [5.41, 5.74) is 0.837. The van der Waals surface area contributed by atoms with Gasteiger partial charge in [0.05, 0.1) is 24.1 Å². The molecular weight excluding hydrogens is 518 g/mol. The summed E-state index contributed by atoms with van der Waals surface area (Å²) < 4.78 is 32.5. The molecule has 1 saturated heterocycles. The van der Waals surface area contributed by atoms with Crippen molar-refractivity contribution in [2.24, 2.45) is 0 Å². The van der Waals surface area contributed by atoms with E-state index < -0.39 is 33.8 Å². The van der Waals surface area contributed by atoms with Crippen molar-refractivity contribution in [2.75, 3.05) is 39.2 Å². The van der Waals surface area contributed by atoms with Crippen LogP contribution in [0.1, 0.15) is 23.7 Å². The van der Waals surface area contributed by atoms with E-state index >= 15 is 0 Å². The van der Waals surface area contributed by atoms with E-state index in [4.69, 9.17) is 0 Å². The van der Waals surface area contributed by atoms with Gasteiger partial charge in [0.25, 0.3) is 0 Å². The van der Waals surface area contributed by atoms with Crippen LogP contribution in [0.2, 0.25) is 0 Å². The number of sulfonamides is 1. The Labute approximate surface area is 220 Å². The predicted molar refractivity (Wildman–Crippen MR) is 140 cm³/mol. The summed E-state index contributed by atoms with van der Waals surface area (Å²) in [7, 11) is 0.240. The van der Waals surface area contributed by atoms with Gasteiger partial charge in [-0.25, -0.2) is 13.2 Å². The molecule has 2 aromatic rings. The van der Waals surface area contributed by atoms with Gasteiger partial charge in [-0.15, -0.1) is 0 Å². The van der Waals surface area contributed by atoms with Crippen LogP contribution < -0.4 is 4.90 Å². The third-order valence-corrected chi connectivity index (χ3v) is 8.88. The highest BCUT2D eigenvalue weighted by Crippen LogP contribution is 2.33. The normalized spacial score (nSPS) is 17.7. The Kier molecular flexibility index (Phi) is 9.11. The molecule has 10 nitrogen and oxygen atoms in total. The molecular formula is C25H29N3O7S2. The van der Waals surface area contributed by atoms with Gasteiger partial charge >= 0.3 is 5.97 Å². The molecule has 2 amide bonds. The summed E-state index contributed by atoms with van der Waals surface area (Å²) in [5, 5.41) is -0.552. The van der Waals surface area contributed by atoms with Crippen molar-refractivity contribution >= 4 is 50.4 Å². The van der Waals surface area contributed by atoms with Crippen molar-refractivity contribution in [1.29, 1.82) is 0 Å². The van der Waals surface area contributed by atoms with Crippen molar-refractivity contribution in [1.82, 2.24) is 9.21 Å². The molecule has 0 aliphatic carbocycles. The van der Waals surface area contributed by atoms with Gasteiger partial charge in [-0.1, -0.05) is 30.0 Å². The van der Waals surface area contributed by atoms with Crippen molar-refractivity contribution in [3.8, 4) is 0 Å². The van der Waals surface area contributed by atoms with Gasteiger partial charge in [0.2, 0.25) is 21.8 Å². The molecule has 0 N–H and O–H groups in total. The lowest BCUT2D eigenvalue weighted by atomic mass is 10.2. The number of thioether (sulfide) groups is 1. The number of methoxy groups -OCH3 is 1. The number of esters is 1. The number of benzene rings is 2. The minimum absolute atomic E-state index is 0.00606. The first kappa shape index (κ1) is 28.4. The molecule has 1 fully saturated rings. The van der Waals surface area contributed by atoms with Gasteiger partial charge in [-0.3, -0.25) is 14.4 Å². The number of rotatable bonds is 8. The summed E-state index contributed by atoms with van der Waals surface area (Å²) in [5.74, 6) is -1.44. The van der Waals surface area contributed by atoms with Crippen LogP contribution in [0.3, 0.4) is 0 Å². The highest BCUT2D eigenvalue weighted by atomic mass is 32.2. The number of anilines is 1. The Morgan fingerprint density at radius 1 is 1.03 bits per heavy atom. The summed E-state index contributed by atoms with van der Waals surface area (Å²) in [6.45, 7) is 1.11. The second-order valence-corrected chi connectivity index (χ2v) is 11.9. The molecule has 1 aliphatic rings. The maximum Gasteiger partial charge on any atom is 0.337 e. The highest BCUT2D eigenvalue weighted by Gasteiger charge is 2.45. The average Bonchev–Trinajstić information content (AvgIpc) is 3.31. The number of carbonyl (C=O) groups is 4. The first-order valence-electron chi connectivity index (χ1n) is 11.4. The smallest absolute Gasteiger partial charge is 0.337 e. The van der Waals surface area contributed by atoms with Gasteiger partial charge in [-0.2, -0.15) is 4.31 Å². The lowest BCUT2D eigenvalue weighted by Crippen LogP contribution is -2.49. The fourth-order valence-electron chi connectivity index (χ4n) is 4.03. The zero-order valence-corrected chi connectivity index (χ0v) is 22.6. The van der Waals surface area contributed by atoms with Crippen LogP contribution in [-0.4, -0.2) is 86.1 Å². The number of likely N-dealkylation sites (N-methyl/N-ethyl adjacent to an activating group) is 2. The first-order chi connectivity index (χ1) is 17.4. The molecule has 0 aromatic heterocycles. The minimum Gasteiger partial charge on any atom is -0.465 e. The molecule has 198 valence electrons. The molecule has 0 saturated carbocycles. The van der Waals surface area contributed by atoms with Crippen LogP contribution in [0.25, 0.3) is 0 Å². The van der Waals surface area contributed by atoms with Crippen LogP contribution in [0, 0.1) is 0 Å². The monoisotopic (exact) mass is 547 g/mol. The number of hydrogen-bond acceptors (Lipinski definition) is 8. The van der Waals surface area contributed by atoms with Gasteiger partial charge in [-0.05, 0) is 42.8 Å². The van der Waals surface area contributed by atoms with Crippen LogP contribution in [0.15, 0.2) is 59.5 Å². The van der Waals surface area contributed by atoms with Gasteiger partial charge in [0.15, 0.2) is 5.12 Å². The molecule has 2 aromatic carbocycles. The minimum atomic E-state index is -4.01. The zero-order chi connectivity index (χ0) is 27.3. The highest BCUT2D eigenvalue weighted by molar-refractivity contribution is 8.14. The van der Waals surface area contributed by atoms with Gasteiger partial charge in [0.1, 0.15) is 6.04 Å². The number of hydrogen-bond donors (Lipinski definition) is 0. The molecule has 0 spiro atoms. The Bertz CT molecular complexity index is 1270. The quantitative estimate of drug-likeness (QED) is 0.460. The standard InChI is InChI=1S/C25H29N3O7S2/c1-17(29)36-20-14-22(28(15-20)37(33,34)21-8-6-5-7-9-21)24(31)26(2)16-23(30)27(3)19-12-10-18(11-13-19)25(32)35-4/h5-13,20,22H,14-16H2,1-4H3/t20-,22+/m1/s1. The van der Waals surface area contributed by atoms with E-state index in [2.05, 4.69) is 4.74 Å². The SMILES string of the molecule is COC(=O)c1ccc(N(C)C(=O)CN(C)C(=O)[C@@H]2C[C@@H](SC(C)=O)CN2S(=O)(=O)c2ccccc2)cc1. The summed E-state index contributed by atoms with van der Waals surface area (Å²) in [6.07, 6.45) is 0.151. The second-order valence-electron chi connectivity index (χ2n) is 8.56. The summed E-state index contributed by atoms with van der Waals surface area (Å²) in [4.78, 5) is 52.2. The van der Waals surface area contributed by atoms with Crippen molar-refractivity contribution in [3.63, 3.8) is 0 Å². The maximum absolute atomic E-state index is 13.4. The van der Waals surface area contributed by atoms with E-state index in [0.29, 0.717) is 11.3 Å². The van der Waals surface area contributed by atoms with Crippen molar-refractivity contribution in [3.05, 3.63) is 60.2 Å². The molecule has 0 radical (unpaired) electrons. The number of carbonyl (C=O) groups excluding carboxylic acids is 4. The lowest BCUT2D eigenvalue weighted by Gasteiger charge is -2.28. The molecule has 3 rings (SSSR count). The van der Waals surface area contributed by atoms with E-state index in [-0.39, 0.29) is 34.8 Å². The van der Waals surface area contributed by atoms with E-state index in [9.17, 15) is 27.6 Å². The Morgan fingerprint density at radius 3 is 2.22 bits per heavy atom. The molecule has 37 heavy (non-hydrogen) atoms. The summed E-state index contributed by atoms with van der Waals surface area (Å²) >= 11 is 1.01. The first-order valence-corrected chi connectivity index (χ1v) is 13.7. The molecule has 0 unspecified atom stereocenters. The van der Waals surface area contributed by atoms with Crippen LogP contribution in [0.4, 0.5) is 5.69 Å². The summed E-state index contributed by atoms with van der Waals surface area (Å²) in [6, 6.07) is 13.0. The molecule has 1 heterocycles. The number of amides is 2. The van der Waals surface area contributed by atoms with Crippen molar-refractivity contribution in [2.45, 2.75) is 29.5 Å². The molecule has 0 bridgehead atoms. The lowest BCUT2D eigenvalue weighted by molar-refractivity contribution is -0.136. The predicted octanol–water partition coefficient (Wildman–Crippen LogP) is 2.01. The molecule has 2 atom stereocenters. The third kappa shape index (κ3) is 6.56. The second kappa shape index (κ2) is 11.9. The average molecular weight is 548 g/mol. The fourth-order valence-corrected chi connectivity index (χ4v) is 6.77.